The molecule has 0 saturated heterocycles. The molecular weight excluding hydrogens is 319 g/mol. The quantitative estimate of drug-likeness (QED) is 0.758. The number of aryl methyl sites for hydroxylation is 1. The van der Waals surface area contributed by atoms with Gasteiger partial charge in [0.1, 0.15) is 18.2 Å². The van der Waals surface area contributed by atoms with E-state index in [4.69, 9.17) is 16.3 Å². The maximum Gasteiger partial charge on any atom is 0.142 e. The molecule has 0 saturated carbocycles. The van der Waals surface area contributed by atoms with Gasteiger partial charge in [0.15, 0.2) is 0 Å². The number of rotatable bonds is 3. The van der Waals surface area contributed by atoms with Gasteiger partial charge in [-0.3, -0.25) is 0 Å². The molecule has 2 rings (SSSR count). The predicted octanol–water partition coefficient (Wildman–Crippen LogP) is 5.13. The lowest BCUT2D eigenvalue weighted by Gasteiger charge is -2.09. The second-order valence-corrected chi connectivity index (χ2v) is 5.27. The second kappa shape index (κ2) is 5.72. The highest BCUT2D eigenvalue weighted by atomic mass is 79.9. The van der Waals surface area contributed by atoms with Crippen molar-refractivity contribution in [1.29, 1.82) is 0 Å². The van der Waals surface area contributed by atoms with E-state index in [0.29, 0.717) is 6.61 Å². The second-order valence-electron chi connectivity index (χ2n) is 3.95. The Balaban J connectivity index is 2.09. The van der Waals surface area contributed by atoms with Crippen molar-refractivity contribution in [2.45, 2.75) is 13.5 Å². The van der Waals surface area contributed by atoms with Gasteiger partial charge < -0.3 is 4.74 Å². The molecule has 0 aliphatic heterocycles. The van der Waals surface area contributed by atoms with Crippen LogP contribution in [-0.4, -0.2) is 0 Å². The van der Waals surface area contributed by atoms with Crippen molar-refractivity contribution < 1.29 is 9.13 Å². The Kier molecular flexibility index (Phi) is 4.25. The minimum absolute atomic E-state index is 0.124. The molecule has 4 heteroatoms. The maximum atomic E-state index is 13.2. The number of benzene rings is 2. The van der Waals surface area contributed by atoms with Crippen molar-refractivity contribution >= 4 is 27.5 Å². The lowest BCUT2D eigenvalue weighted by molar-refractivity contribution is 0.303. The molecule has 1 nitrogen and oxygen atoms in total. The molecule has 0 heterocycles. The highest BCUT2D eigenvalue weighted by molar-refractivity contribution is 9.10. The van der Waals surface area contributed by atoms with Crippen molar-refractivity contribution in [2.75, 3.05) is 0 Å². The summed E-state index contributed by atoms with van der Waals surface area (Å²) in [5.41, 5.74) is 1.78. The van der Waals surface area contributed by atoms with Gasteiger partial charge >= 0.3 is 0 Å². The summed E-state index contributed by atoms with van der Waals surface area (Å²) in [6.07, 6.45) is 0. The van der Waals surface area contributed by atoms with Crippen LogP contribution in [0.25, 0.3) is 0 Å². The number of halogens is 3. The minimum Gasteiger partial charge on any atom is -0.489 e. The molecule has 0 radical (unpaired) electrons. The van der Waals surface area contributed by atoms with E-state index < -0.39 is 5.82 Å². The van der Waals surface area contributed by atoms with Crippen LogP contribution >= 0.6 is 27.5 Å². The molecule has 0 aliphatic rings. The summed E-state index contributed by atoms with van der Waals surface area (Å²) in [5.74, 6) is 0.360. The number of hydrogen-bond acceptors (Lipinski definition) is 1. The van der Waals surface area contributed by atoms with Gasteiger partial charge in [0.05, 0.1) is 5.02 Å². The molecule has 0 bridgehead atoms. The van der Waals surface area contributed by atoms with Gasteiger partial charge in [-0.05, 0) is 48.4 Å². The first kappa shape index (κ1) is 13.4. The summed E-state index contributed by atoms with van der Waals surface area (Å²) in [7, 11) is 0. The van der Waals surface area contributed by atoms with Crippen LogP contribution in [0.2, 0.25) is 5.02 Å². The summed E-state index contributed by atoms with van der Waals surface area (Å²) in [4.78, 5) is 0. The minimum atomic E-state index is -0.426. The largest absolute Gasteiger partial charge is 0.489 e. The fourth-order valence-electron chi connectivity index (χ4n) is 1.57. The molecule has 2 aromatic carbocycles. The lowest BCUT2D eigenvalue weighted by atomic mass is 10.2. The Morgan fingerprint density at radius 1 is 1.22 bits per heavy atom. The molecule has 0 aliphatic carbocycles. The number of ether oxygens (including phenoxy) is 1. The van der Waals surface area contributed by atoms with E-state index in [1.165, 1.54) is 12.1 Å². The standard InChI is InChI=1S/C14H11BrClFO/c1-9-6-11(15)3-5-14(9)18-8-10-2-4-12(16)13(17)7-10/h2-7H,8H2,1H3. The summed E-state index contributed by atoms with van der Waals surface area (Å²) in [6.45, 7) is 2.28. The van der Waals surface area contributed by atoms with Gasteiger partial charge in [-0.25, -0.2) is 4.39 Å². The topological polar surface area (TPSA) is 9.23 Å². The van der Waals surface area contributed by atoms with Crippen LogP contribution in [0.15, 0.2) is 40.9 Å². The fourth-order valence-corrected chi connectivity index (χ4v) is 2.16. The van der Waals surface area contributed by atoms with Gasteiger partial charge in [-0.1, -0.05) is 33.6 Å². The molecule has 0 atom stereocenters. The third kappa shape index (κ3) is 3.24. The number of hydrogen-bond donors (Lipinski definition) is 0. The van der Waals surface area contributed by atoms with Crippen molar-refractivity contribution in [3.05, 3.63) is 62.8 Å². The van der Waals surface area contributed by atoms with Crippen LogP contribution in [0.5, 0.6) is 5.75 Å². The fraction of sp³-hybridized carbons (Fsp3) is 0.143. The molecule has 0 unspecified atom stereocenters. The first-order valence-electron chi connectivity index (χ1n) is 5.39. The molecule has 0 N–H and O–H groups in total. The Morgan fingerprint density at radius 2 is 2.00 bits per heavy atom. The average Bonchev–Trinajstić information content (AvgIpc) is 2.32. The molecule has 18 heavy (non-hydrogen) atoms. The molecule has 94 valence electrons. The third-order valence-electron chi connectivity index (χ3n) is 2.52. The normalized spacial score (nSPS) is 10.4. The van der Waals surface area contributed by atoms with Crippen LogP contribution in [0.4, 0.5) is 4.39 Å². The van der Waals surface area contributed by atoms with Gasteiger partial charge in [-0.2, -0.15) is 0 Å². The Bertz CT molecular complexity index is 572. The SMILES string of the molecule is Cc1cc(Br)ccc1OCc1ccc(Cl)c(F)c1. The highest BCUT2D eigenvalue weighted by Gasteiger charge is 2.04. The van der Waals surface area contributed by atoms with Crippen LogP contribution in [0, 0.1) is 12.7 Å². The van der Waals surface area contributed by atoms with Gasteiger partial charge in [0.2, 0.25) is 0 Å². The zero-order valence-corrected chi connectivity index (χ0v) is 12.1. The smallest absolute Gasteiger partial charge is 0.142 e. The van der Waals surface area contributed by atoms with Gasteiger partial charge in [0, 0.05) is 4.47 Å². The first-order valence-corrected chi connectivity index (χ1v) is 6.56. The van der Waals surface area contributed by atoms with Gasteiger partial charge in [0.25, 0.3) is 0 Å². The maximum absolute atomic E-state index is 13.2. The Morgan fingerprint density at radius 3 is 2.67 bits per heavy atom. The highest BCUT2D eigenvalue weighted by Crippen LogP contribution is 2.23. The van der Waals surface area contributed by atoms with Crippen molar-refractivity contribution in [3.63, 3.8) is 0 Å². The Hall–Kier alpha value is -1.06. The molecule has 0 spiro atoms. The zero-order valence-electron chi connectivity index (χ0n) is 9.71. The first-order chi connectivity index (χ1) is 8.56. The molecule has 0 amide bonds. The van der Waals surface area contributed by atoms with E-state index >= 15 is 0 Å². The molecule has 0 aromatic heterocycles. The van der Waals surface area contributed by atoms with Gasteiger partial charge in [-0.15, -0.1) is 0 Å². The summed E-state index contributed by atoms with van der Waals surface area (Å²) < 4.78 is 19.9. The van der Waals surface area contributed by atoms with Crippen molar-refractivity contribution in [2.24, 2.45) is 0 Å². The molecule has 0 fully saturated rings. The zero-order chi connectivity index (χ0) is 13.1. The van der Waals surface area contributed by atoms with Crippen molar-refractivity contribution in [1.82, 2.24) is 0 Å². The molecule has 2 aromatic rings. The summed E-state index contributed by atoms with van der Waals surface area (Å²) >= 11 is 9.01. The average molecular weight is 330 g/mol. The van der Waals surface area contributed by atoms with E-state index in [1.807, 2.05) is 25.1 Å². The van der Waals surface area contributed by atoms with E-state index in [1.54, 1.807) is 6.07 Å². The van der Waals surface area contributed by atoms with E-state index in [0.717, 1.165) is 21.3 Å². The third-order valence-corrected chi connectivity index (χ3v) is 3.32. The van der Waals surface area contributed by atoms with Crippen LogP contribution in [0.3, 0.4) is 0 Å². The molecular formula is C14H11BrClFO. The van der Waals surface area contributed by atoms with E-state index in [2.05, 4.69) is 15.9 Å². The summed E-state index contributed by atoms with van der Waals surface area (Å²) in [5, 5.41) is 0.124. The monoisotopic (exact) mass is 328 g/mol. The van der Waals surface area contributed by atoms with Crippen LogP contribution in [-0.2, 0) is 6.61 Å². The van der Waals surface area contributed by atoms with Crippen LogP contribution in [0.1, 0.15) is 11.1 Å². The van der Waals surface area contributed by atoms with Crippen molar-refractivity contribution in [3.8, 4) is 5.75 Å². The van der Waals surface area contributed by atoms with E-state index in [9.17, 15) is 4.39 Å². The predicted molar refractivity (Wildman–Crippen MR) is 74.6 cm³/mol. The van der Waals surface area contributed by atoms with E-state index in [-0.39, 0.29) is 5.02 Å². The van der Waals surface area contributed by atoms with Crippen LogP contribution < -0.4 is 4.74 Å². The summed E-state index contributed by atoms with van der Waals surface area (Å²) in [6, 6.07) is 10.4. The Labute approximate surface area is 119 Å². The lowest BCUT2D eigenvalue weighted by Crippen LogP contribution is -1.97.